The van der Waals surface area contributed by atoms with Crippen LogP contribution in [0.15, 0.2) is 52.3 Å². The van der Waals surface area contributed by atoms with Crippen LogP contribution in [0.25, 0.3) is 0 Å². The van der Waals surface area contributed by atoms with Gasteiger partial charge in [-0.3, -0.25) is 14.9 Å². The Morgan fingerprint density at radius 2 is 1.78 bits per heavy atom. The van der Waals surface area contributed by atoms with Crippen LogP contribution < -0.4 is 5.32 Å². The van der Waals surface area contributed by atoms with E-state index in [0.717, 1.165) is 37.4 Å². The lowest BCUT2D eigenvalue weighted by Crippen LogP contribution is -2.38. The Morgan fingerprint density at radius 3 is 2.37 bits per heavy atom. The van der Waals surface area contributed by atoms with Crippen molar-refractivity contribution in [3.63, 3.8) is 0 Å². The van der Waals surface area contributed by atoms with E-state index < -0.39 is 4.92 Å². The van der Waals surface area contributed by atoms with Crippen LogP contribution in [-0.4, -0.2) is 16.9 Å². The Bertz CT molecular complexity index is 885. The molecular formula is C20H19FN2O3S. The van der Waals surface area contributed by atoms with Crippen molar-refractivity contribution in [3.8, 4) is 0 Å². The van der Waals surface area contributed by atoms with E-state index in [1.165, 1.54) is 24.3 Å². The molecule has 5 nitrogen and oxygen atoms in total. The number of benzene rings is 2. The minimum Gasteiger partial charge on any atom is -0.349 e. The van der Waals surface area contributed by atoms with Gasteiger partial charge in [0.25, 0.3) is 11.6 Å². The Labute approximate surface area is 160 Å². The molecule has 27 heavy (non-hydrogen) atoms. The van der Waals surface area contributed by atoms with Gasteiger partial charge < -0.3 is 5.32 Å². The van der Waals surface area contributed by atoms with Crippen molar-refractivity contribution in [3.05, 3.63) is 64.0 Å². The summed E-state index contributed by atoms with van der Waals surface area (Å²) in [5.41, 5.74) is 0.0798. The van der Waals surface area contributed by atoms with E-state index in [1.807, 2.05) is 0 Å². The molecule has 0 bridgehead atoms. The maximum Gasteiger partial charge on any atom is 0.270 e. The number of nitro benzene ring substituents is 1. The number of hydrogen-bond donors (Lipinski definition) is 1. The lowest BCUT2D eigenvalue weighted by atomic mass is 10.1. The summed E-state index contributed by atoms with van der Waals surface area (Å²) >= 11 is 1.11. The summed E-state index contributed by atoms with van der Waals surface area (Å²) in [6.45, 7) is 0. The van der Waals surface area contributed by atoms with Gasteiger partial charge in [0.15, 0.2) is 0 Å². The predicted octanol–water partition coefficient (Wildman–Crippen LogP) is 4.80. The maximum absolute atomic E-state index is 14.0. The average Bonchev–Trinajstić information content (AvgIpc) is 3.55. The van der Waals surface area contributed by atoms with Crippen molar-refractivity contribution in [1.82, 2.24) is 5.32 Å². The van der Waals surface area contributed by atoms with Crippen LogP contribution in [-0.2, 0) is 0 Å². The van der Waals surface area contributed by atoms with Crippen LogP contribution in [0.2, 0.25) is 0 Å². The molecule has 2 aliphatic carbocycles. The van der Waals surface area contributed by atoms with E-state index in [-0.39, 0.29) is 29.0 Å². The molecule has 2 saturated carbocycles. The number of carbonyl (C=O) groups excluding carboxylic acids is 1. The lowest BCUT2D eigenvalue weighted by Gasteiger charge is -2.19. The van der Waals surface area contributed by atoms with Gasteiger partial charge in [0.1, 0.15) is 5.82 Å². The second-order valence-electron chi connectivity index (χ2n) is 7.14. The van der Waals surface area contributed by atoms with E-state index in [1.54, 1.807) is 18.2 Å². The molecule has 2 aromatic carbocycles. The van der Waals surface area contributed by atoms with Crippen LogP contribution in [0.3, 0.4) is 0 Å². The molecule has 0 atom stereocenters. The Hall–Kier alpha value is -2.41. The van der Waals surface area contributed by atoms with Crippen molar-refractivity contribution in [2.45, 2.75) is 41.5 Å². The number of amides is 1. The number of nitro groups is 1. The topological polar surface area (TPSA) is 72.2 Å². The smallest absolute Gasteiger partial charge is 0.270 e. The highest BCUT2D eigenvalue weighted by molar-refractivity contribution is 7.99. The SMILES string of the molecule is O=C(NC(C1CC1)C1CC1)c1cc([N+](=O)[O-])ccc1Sc1ccccc1F. The summed E-state index contributed by atoms with van der Waals surface area (Å²) < 4.78 is 14.0. The van der Waals surface area contributed by atoms with Gasteiger partial charge in [-0.15, -0.1) is 0 Å². The number of halogens is 1. The predicted molar refractivity (Wildman–Crippen MR) is 100 cm³/mol. The molecule has 1 amide bonds. The lowest BCUT2D eigenvalue weighted by molar-refractivity contribution is -0.384. The molecule has 0 aromatic heterocycles. The summed E-state index contributed by atoms with van der Waals surface area (Å²) in [6, 6.07) is 10.6. The van der Waals surface area contributed by atoms with Crippen LogP contribution in [0.5, 0.6) is 0 Å². The van der Waals surface area contributed by atoms with E-state index in [4.69, 9.17) is 0 Å². The van der Waals surface area contributed by atoms with Crippen molar-refractivity contribution in [1.29, 1.82) is 0 Å². The molecule has 4 rings (SSSR count). The molecule has 0 radical (unpaired) electrons. The first-order chi connectivity index (χ1) is 13.0. The Morgan fingerprint density at radius 1 is 1.11 bits per heavy atom. The molecule has 0 spiro atoms. The summed E-state index contributed by atoms with van der Waals surface area (Å²) in [5, 5.41) is 14.3. The molecule has 0 saturated heterocycles. The first kappa shape index (κ1) is 18.0. The second kappa shape index (κ2) is 7.31. The van der Waals surface area contributed by atoms with E-state index in [9.17, 15) is 19.3 Å². The van der Waals surface area contributed by atoms with Crippen LogP contribution >= 0.6 is 11.8 Å². The van der Waals surface area contributed by atoms with Crippen LogP contribution in [0.4, 0.5) is 10.1 Å². The van der Waals surface area contributed by atoms with Crippen LogP contribution in [0, 0.1) is 27.8 Å². The number of non-ortho nitro benzene ring substituents is 1. The third kappa shape index (κ3) is 4.13. The standard InChI is InChI=1S/C20H19FN2O3S/c21-16-3-1-2-4-18(16)27-17-10-9-14(23(25)26)11-15(17)20(24)22-19(12-5-6-12)13-7-8-13/h1-4,9-13,19H,5-8H2,(H,22,24). The molecule has 0 aliphatic heterocycles. The van der Waals surface area contributed by atoms with Crippen molar-refractivity contribution >= 4 is 23.4 Å². The van der Waals surface area contributed by atoms with Crippen molar-refractivity contribution in [2.24, 2.45) is 11.8 Å². The zero-order valence-electron chi connectivity index (χ0n) is 14.6. The van der Waals surface area contributed by atoms with Gasteiger partial charge in [-0.25, -0.2) is 4.39 Å². The zero-order valence-corrected chi connectivity index (χ0v) is 15.4. The van der Waals surface area contributed by atoms with Gasteiger partial charge >= 0.3 is 0 Å². The molecule has 140 valence electrons. The molecule has 2 fully saturated rings. The fourth-order valence-electron chi connectivity index (χ4n) is 3.30. The number of hydrogen-bond acceptors (Lipinski definition) is 4. The minimum atomic E-state index is -0.520. The number of carbonyl (C=O) groups is 1. The molecule has 2 aliphatic rings. The van der Waals surface area contributed by atoms with Gasteiger partial charge in [0.2, 0.25) is 0 Å². The normalized spacial score (nSPS) is 16.4. The van der Waals surface area contributed by atoms with E-state index in [0.29, 0.717) is 21.6 Å². The second-order valence-corrected chi connectivity index (χ2v) is 8.23. The quantitative estimate of drug-likeness (QED) is 0.548. The third-order valence-electron chi connectivity index (χ3n) is 5.03. The minimum absolute atomic E-state index is 0.142. The highest BCUT2D eigenvalue weighted by atomic mass is 32.2. The van der Waals surface area contributed by atoms with E-state index in [2.05, 4.69) is 5.32 Å². The monoisotopic (exact) mass is 386 g/mol. The third-order valence-corrected chi connectivity index (χ3v) is 6.16. The highest BCUT2D eigenvalue weighted by Gasteiger charge is 2.42. The first-order valence-electron chi connectivity index (χ1n) is 9.04. The van der Waals surface area contributed by atoms with Gasteiger partial charge in [-0.05, 0) is 55.7 Å². The van der Waals surface area contributed by atoms with Gasteiger partial charge in [0, 0.05) is 28.0 Å². The Kier molecular flexibility index (Phi) is 4.86. The van der Waals surface area contributed by atoms with Crippen molar-refractivity contribution in [2.75, 3.05) is 0 Å². The number of rotatable bonds is 7. The molecule has 1 N–H and O–H groups in total. The molecule has 0 unspecified atom stereocenters. The average molecular weight is 386 g/mol. The number of nitrogens with one attached hydrogen (secondary N) is 1. The van der Waals surface area contributed by atoms with E-state index >= 15 is 0 Å². The summed E-state index contributed by atoms with van der Waals surface area (Å²) in [5.74, 6) is 0.327. The molecular weight excluding hydrogens is 367 g/mol. The maximum atomic E-state index is 14.0. The number of nitrogens with zero attached hydrogens (tertiary/aromatic N) is 1. The molecule has 2 aromatic rings. The zero-order chi connectivity index (χ0) is 19.0. The summed E-state index contributed by atoms with van der Waals surface area (Å²) in [6.07, 6.45) is 4.47. The van der Waals surface area contributed by atoms with Gasteiger partial charge in [0.05, 0.1) is 10.5 Å². The summed E-state index contributed by atoms with van der Waals surface area (Å²) in [4.78, 5) is 24.5. The molecule has 7 heteroatoms. The van der Waals surface area contributed by atoms with Crippen molar-refractivity contribution < 1.29 is 14.1 Å². The fourth-order valence-corrected chi connectivity index (χ4v) is 4.25. The first-order valence-corrected chi connectivity index (χ1v) is 9.86. The summed E-state index contributed by atoms with van der Waals surface area (Å²) in [7, 11) is 0. The van der Waals surface area contributed by atoms with Gasteiger partial charge in [-0.1, -0.05) is 23.9 Å². The largest absolute Gasteiger partial charge is 0.349 e. The fraction of sp³-hybridized carbons (Fsp3) is 0.350. The highest BCUT2D eigenvalue weighted by Crippen LogP contribution is 2.45. The Balaban J connectivity index is 1.63. The molecule has 0 heterocycles. The van der Waals surface area contributed by atoms with Crippen LogP contribution in [0.1, 0.15) is 36.0 Å². The van der Waals surface area contributed by atoms with Gasteiger partial charge in [-0.2, -0.15) is 0 Å².